The maximum atomic E-state index is 13.4. The van der Waals surface area contributed by atoms with Gasteiger partial charge < -0.3 is 5.11 Å². The predicted octanol–water partition coefficient (Wildman–Crippen LogP) is 3.07. The van der Waals surface area contributed by atoms with Gasteiger partial charge in [0.05, 0.1) is 34.6 Å². The molecule has 2 aromatic heterocycles. The average Bonchev–Trinajstić information content (AvgIpc) is 3.13. The monoisotopic (exact) mass is 361 g/mol. The summed E-state index contributed by atoms with van der Waals surface area (Å²) in [5, 5.41) is 27.4. The van der Waals surface area contributed by atoms with Crippen LogP contribution in [0.15, 0.2) is 36.7 Å². The molecule has 0 radical (unpaired) electrons. The number of nitrogens with zero attached hydrogens (tertiary/aromatic N) is 5. The van der Waals surface area contributed by atoms with E-state index in [4.69, 9.17) is 5.26 Å². The van der Waals surface area contributed by atoms with Crippen molar-refractivity contribution >= 4 is 10.9 Å². The van der Waals surface area contributed by atoms with Crippen LogP contribution < -0.4 is 0 Å². The van der Waals surface area contributed by atoms with E-state index in [9.17, 15) is 18.3 Å². The zero-order valence-electron chi connectivity index (χ0n) is 13.9. The molecule has 1 unspecified atom stereocenters. The molecule has 0 bridgehead atoms. The van der Waals surface area contributed by atoms with E-state index in [-0.39, 0.29) is 16.6 Å². The smallest absolute Gasteiger partial charge is 0.364 e. The molecule has 9 heteroatoms. The lowest BCUT2D eigenvalue weighted by Gasteiger charge is -2.31. The van der Waals surface area contributed by atoms with E-state index in [1.54, 1.807) is 19.9 Å². The fourth-order valence-electron chi connectivity index (χ4n) is 2.88. The Hall–Kier alpha value is -2.99. The molecule has 1 atom stereocenters. The Labute approximate surface area is 146 Å². The Morgan fingerprint density at radius 1 is 1.19 bits per heavy atom. The lowest BCUT2D eigenvalue weighted by molar-refractivity contribution is -0.136. The number of nitriles is 1. The molecule has 2 heterocycles. The molecule has 0 amide bonds. The van der Waals surface area contributed by atoms with Gasteiger partial charge in [-0.05, 0) is 18.2 Å². The molecule has 0 aliphatic heterocycles. The Morgan fingerprint density at radius 3 is 2.46 bits per heavy atom. The summed E-state index contributed by atoms with van der Waals surface area (Å²) in [7, 11) is 0. The third kappa shape index (κ3) is 2.68. The Kier molecular flexibility index (Phi) is 4.16. The number of rotatable bonds is 3. The van der Waals surface area contributed by atoms with E-state index in [0.717, 1.165) is 6.07 Å². The van der Waals surface area contributed by atoms with Crippen LogP contribution in [-0.4, -0.2) is 25.1 Å². The molecule has 0 fully saturated rings. The number of fused-ring (bicyclic) bond motifs is 1. The van der Waals surface area contributed by atoms with Crippen molar-refractivity contribution in [2.45, 2.75) is 25.7 Å². The van der Waals surface area contributed by atoms with Crippen LogP contribution in [0.1, 0.15) is 30.7 Å². The molecule has 0 aliphatic carbocycles. The van der Waals surface area contributed by atoms with Crippen LogP contribution in [0.5, 0.6) is 0 Å². The SMILES string of the molecule is CC(C)C(O)(c1ccc2c(C(F)(F)F)c(C#N)ccc2n1)n1ccnn1. The number of aliphatic hydroxyl groups is 1. The second-order valence-corrected chi connectivity index (χ2v) is 6.09. The minimum Gasteiger partial charge on any atom is -0.364 e. The van der Waals surface area contributed by atoms with Gasteiger partial charge in [-0.3, -0.25) is 0 Å². The second kappa shape index (κ2) is 6.07. The van der Waals surface area contributed by atoms with Crippen molar-refractivity contribution in [3.05, 3.63) is 53.5 Å². The fraction of sp³-hybridized carbons (Fsp3) is 0.294. The van der Waals surface area contributed by atoms with Crippen molar-refractivity contribution in [3.8, 4) is 6.07 Å². The molecule has 0 aliphatic rings. The van der Waals surface area contributed by atoms with Gasteiger partial charge in [0.25, 0.3) is 0 Å². The van der Waals surface area contributed by atoms with Crippen molar-refractivity contribution in [3.63, 3.8) is 0 Å². The van der Waals surface area contributed by atoms with Crippen LogP contribution in [0.4, 0.5) is 13.2 Å². The van der Waals surface area contributed by atoms with Crippen molar-refractivity contribution < 1.29 is 18.3 Å². The quantitative estimate of drug-likeness (QED) is 0.775. The first-order valence-corrected chi connectivity index (χ1v) is 7.70. The molecule has 0 spiro atoms. The highest BCUT2D eigenvalue weighted by Crippen LogP contribution is 2.38. The first kappa shape index (κ1) is 17.8. The van der Waals surface area contributed by atoms with E-state index in [0.29, 0.717) is 0 Å². The van der Waals surface area contributed by atoms with E-state index >= 15 is 0 Å². The molecular formula is C17H14F3N5O. The van der Waals surface area contributed by atoms with E-state index in [2.05, 4.69) is 15.3 Å². The summed E-state index contributed by atoms with van der Waals surface area (Å²) >= 11 is 0. The molecule has 0 saturated carbocycles. The van der Waals surface area contributed by atoms with Crippen LogP contribution in [0.3, 0.4) is 0 Å². The maximum absolute atomic E-state index is 13.4. The van der Waals surface area contributed by atoms with E-state index < -0.39 is 28.9 Å². The third-order valence-electron chi connectivity index (χ3n) is 4.23. The van der Waals surface area contributed by atoms with Gasteiger partial charge in [0.2, 0.25) is 5.72 Å². The zero-order chi connectivity index (χ0) is 19.1. The van der Waals surface area contributed by atoms with Gasteiger partial charge in [0.1, 0.15) is 0 Å². The molecule has 134 valence electrons. The highest BCUT2D eigenvalue weighted by atomic mass is 19.4. The highest BCUT2D eigenvalue weighted by molar-refractivity contribution is 5.85. The molecule has 26 heavy (non-hydrogen) atoms. The van der Waals surface area contributed by atoms with Gasteiger partial charge in [-0.2, -0.15) is 18.4 Å². The summed E-state index contributed by atoms with van der Waals surface area (Å²) in [4.78, 5) is 4.23. The molecular weight excluding hydrogens is 347 g/mol. The number of pyridine rings is 1. The number of alkyl halides is 3. The summed E-state index contributed by atoms with van der Waals surface area (Å²) in [6.45, 7) is 3.46. The average molecular weight is 361 g/mol. The van der Waals surface area contributed by atoms with Crippen LogP contribution in [0, 0.1) is 17.2 Å². The standard InChI is InChI=1S/C17H14F3N5O/c1-10(2)16(26,25-8-7-22-24-25)14-6-4-12-13(23-14)5-3-11(9-21)15(12)17(18,19)20/h3-8,10,26H,1-2H3. The minimum absolute atomic E-state index is 0.0213. The zero-order valence-corrected chi connectivity index (χ0v) is 13.9. The van der Waals surface area contributed by atoms with Gasteiger partial charge in [0.15, 0.2) is 0 Å². The summed E-state index contributed by atoms with van der Waals surface area (Å²) in [6, 6.07) is 6.48. The first-order valence-electron chi connectivity index (χ1n) is 7.70. The van der Waals surface area contributed by atoms with Crippen LogP contribution in [0.2, 0.25) is 0 Å². The summed E-state index contributed by atoms with van der Waals surface area (Å²) in [5.41, 5.74) is -3.05. The predicted molar refractivity (Wildman–Crippen MR) is 85.6 cm³/mol. The third-order valence-corrected chi connectivity index (χ3v) is 4.23. The largest absolute Gasteiger partial charge is 0.418 e. The molecule has 1 N–H and O–H groups in total. The molecule has 3 rings (SSSR count). The normalized spacial score (nSPS) is 14.4. The fourth-order valence-corrected chi connectivity index (χ4v) is 2.88. The van der Waals surface area contributed by atoms with Gasteiger partial charge in [-0.1, -0.05) is 25.1 Å². The molecule has 1 aromatic carbocycles. The number of benzene rings is 1. The van der Waals surface area contributed by atoms with Crippen LogP contribution in [0.25, 0.3) is 10.9 Å². The maximum Gasteiger partial charge on any atom is 0.418 e. The van der Waals surface area contributed by atoms with Gasteiger partial charge in [-0.25, -0.2) is 9.67 Å². The number of hydrogen-bond donors (Lipinski definition) is 1. The summed E-state index contributed by atoms with van der Waals surface area (Å²) < 4.78 is 41.4. The van der Waals surface area contributed by atoms with Gasteiger partial charge in [0, 0.05) is 17.5 Å². The van der Waals surface area contributed by atoms with Crippen molar-refractivity contribution in [2.24, 2.45) is 5.92 Å². The number of halogens is 3. The summed E-state index contributed by atoms with van der Waals surface area (Å²) in [5.74, 6) is -0.394. The first-order chi connectivity index (χ1) is 12.2. The summed E-state index contributed by atoms with van der Waals surface area (Å²) in [6.07, 6.45) is -1.87. The highest BCUT2D eigenvalue weighted by Gasteiger charge is 2.39. The van der Waals surface area contributed by atoms with E-state index in [1.165, 1.54) is 35.3 Å². The number of hydrogen-bond acceptors (Lipinski definition) is 5. The second-order valence-electron chi connectivity index (χ2n) is 6.09. The van der Waals surface area contributed by atoms with E-state index in [1.807, 2.05) is 0 Å². The van der Waals surface area contributed by atoms with Crippen molar-refractivity contribution in [2.75, 3.05) is 0 Å². The minimum atomic E-state index is -4.70. The number of aromatic nitrogens is 4. The van der Waals surface area contributed by atoms with Gasteiger partial charge >= 0.3 is 6.18 Å². The molecule has 3 aromatic rings. The lowest BCUT2D eigenvalue weighted by Crippen LogP contribution is -2.41. The van der Waals surface area contributed by atoms with Crippen molar-refractivity contribution in [1.82, 2.24) is 20.0 Å². The Bertz CT molecular complexity index is 992. The van der Waals surface area contributed by atoms with Crippen molar-refractivity contribution in [1.29, 1.82) is 5.26 Å². The lowest BCUT2D eigenvalue weighted by atomic mass is 9.94. The topological polar surface area (TPSA) is 87.6 Å². The van der Waals surface area contributed by atoms with Crippen LogP contribution in [-0.2, 0) is 11.9 Å². The molecule has 6 nitrogen and oxygen atoms in total. The van der Waals surface area contributed by atoms with Gasteiger partial charge in [-0.15, -0.1) is 5.10 Å². The van der Waals surface area contributed by atoms with Crippen LogP contribution >= 0.6 is 0 Å². The molecule has 0 saturated heterocycles. The Morgan fingerprint density at radius 2 is 1.92 bits per heavy atom. The Balaban J connectivity index is 2.27.